The van der Waals surface area contributed by atoms with Gasteiger partial charge in [-0.3, -0.25) is 0 Å². The van der Waals surface area contributed by atoms with Crippen molar-refractivity contribution in [2.24, 2.45) is 0 Å². The number of fused-ring (bicyclic) bond motifs is 4. The second-order valence-corrected chi connectivity index (χ2v) is 9.06. The SMILES string of the molecule is CCSc1nnc2c(n1)O[C@@H](c1ccc(OC)c3ccccc13)Nc1ccc(Br)cc1-2. The van der Waals surface area contributed by atoms with E-state index in [1.54, 1.807) is 7.11 Å². The number of methoxy groups -OCH3 is 1. The molecule has 1 aromatic heterocycles. The van der Waals surface area contributed by atoms with E-state index in [4.69, 9.17) is 9.47 Å². The molecule has 2 heterocycles. The van der Waals surface area contributed by atoms with E-state index in [1.807, 2.05) is 48.5 Å². The van der Waals surface area contributed by atoms with Gasteiger partial charge in [0.15, 0.2) is 11.9 Å². The largest absolute Gasteiger partial charge is 0.496 e. The summed E-state index contributed by atoms with van der Waals surface area (Å²) < 4.78 is 12.9. The van der Waals surface area contributed by atoms with E-state index < -0.39 is 6.23 Å². The van der Waals surface area contributed by atoms with Crippen LogP contribution in [0.1, 0.15) is 18.7 Å². The van der Waals surface area contributed by atoms with Gasteiger partial charge in [-0.25, -0.2) is 0 Å². The number of rotatable bonds is 4. The van der Waals surface area contributed by atoms with E-state index in [2.05, 4.69) is 49.4 Å². The molecule has 6 nitrogen and oxygen atoms in total. The van der Waals surface area contributed by atoms with Crippen LogP contribution in [0.5, 0.6) is 11.6 Å². The standard InChI is InChI=1S/C23H19BrN4O2S/c1-3-31-23-26-22-20(27-28-23)17-12-13(24)8-10-18(17)25-21(30-22)16-9-11-19(29-2)15-7-5-4-6-14(15)16/h4-12,21,25H,3H2,1-2H3/t21-/m0/s1. The van der Waals surface area contributed by atoms with Crippen LogP contribution < -0.4 is 14.8 Å². The number of aromatic nitrogens is 3. The molecule has 0 unspecified atom stereocenters. The number of nitrogens with zero attached hydrogens (tertiary/aromatic N) is 3. The Bertz CT molecular complexity index is 1280. The lowest BCUT2D eigenvalue weighted by molar-refractivity contribution is 0.226. The van der Waals surface area contributed by atoms with Crippen molar-refractivity contribution in [3.05, 3.63) is 64.6 Å². The summed E-state index contributed by atoms with van der Waals surface area (Å²) in [7, 11) is 1.68. The molecule has 0 amide bonds. The molecule has 1 aliphatic heterocycles. The second kappa shape index (κ2) is 8.36. The molecule has 0 fully saturated rings. The summed E-state index contributed by atoms with van der Waals surface area (Å²) in [6.45, 7) is 2.06. The van der Waals surface area contributed by atoms with Crippen molar-refractivity contribution >= 4 is 44.2 Å². The molecule has 8 heteroatoms. The van der Waals surface area contributed by atoms with Crippen molar-refractivity contribution in [1.82, 2.24) is 15.2 Å². The third kappa shape index (κ3) is 3.70. The summed E-state index contributed by atoms with van der Waals surface area (Å²) in [5.74, 6) is 2.14. The first-order valence-electron chi connectivity index (χ1n) is 9.84. The Morgan fingerprint density at radius 3 is 2.74 bits per heavy atom. The molecule has 156 valence electrons. The number of nitrogens with one attached hydrogen (secondary N) is 1. The van der Waals surface area contributed by atoms with E-state index in [-0.39, 0.29) is 0 Å². The van der Waals surface area contributed by atoms with E-state index in [9.17, 15) is 0 Å². The van der Waals surface area contributed by atoms with Gasteiger partial charge < -0.3 is 14.8 Å². The van der Waals surface area contributed by atoms with Crippen LogP contribution in [-0.4, -0.2) is 28.0 Å². The van der Waals surface area contributed by atoms with Crippen molar-refractivity contribution < 1.29 is 9.47 Å². The lowest BCUT2D eigenvalue weighted by Crippen LogP contribution is -2.17. The average molecular weight is 495 g/mol. The molecule has 1 aliphatic rings. The molecule has 0 bridgehead atoms. The Hall–Kier alpha value is -2.84. The van der Waals surface area contributed by atoms with Crippen LogP contribution >= 0.6 is 27.7 Å². The van der Waals surface area contributed by atoms with Gasteiger partial charge in [-0.05, 0) is 41.5 Å². The molecule has 5 rings (SSSR count). The zero-order valence-electron chi connectivity index (χ0n) is 16.9. The lowest BCUT2D eigenvalue weighted by atomic mass is 10.0. The lowest BCUT2D eigenvalue weighted by Gasteiger charge is -2.21. The summed E-state index contributed by atoms with van der Waals surface area (Å²) in [6, 6.07) is 18.1. The monoisotopic (exact) mass is 494 g/mol. The minimum absolute atomic E-state index is 0.459. The van der Waals surface area contributed by atoms with Crippen molar-refractivity contribution in [3.63, 3.8) is 0 Å². The minimum Gasteiger partial charge on any atom is -0.496 e. The van der Waals surface area contributed by atoms with Crippen LogP contribution in [0.25, 0.3) is 22.0 Å². The third-order valence-corrected chi connectivity index (χ3v) is 6.29. The summed E-state index contributed by atoms with van der Waals surface area (Å²) in [5.41, 5.74) is 3.39. The molecular formula is C23H19BrN4O2S. The molecular weight excluding hydrogens is 476 g/mol. The first kappa shape index (κ1) is 20.1. The van der Waals surface area contributed by atoms with E-state index in [0.717, 1.165) is 43.6 Å². The second-order valence-electron chi connectivity index (χ2n) is 6.92. The summed E-state index contributed by atoms with van der Waals surface area (Å²) in [4.78, 5) is 4.67. The number of thioether (sulfide) groups is 1. The maximum atomic E-state index is 6.44. The maximum absolute atomic E-state index is 6.44. The molecule has 0 aliphatic carbocycles. The zero-order chi connectivity index (χ0) is 21.4. The van der Waals surface area contributed by atoms with Gasteiger partial charge in [0.25, 0.3) is 0 Å². The molecule has 31 heavy (non-hydrogen) atoms. The molecule has 3 aromatic carbocycles. The van der Waals surface area contributed by atoms with Crippen LogP contribution in [0, 0.1) is 0 Å². The molecule has 1 N–H and O–H groups in total. The van der Waals surface area contributed by atoms with E-state index >= 15 is 0 Å². The molecule has 0 saturated carbocycles. The van der Waals surface area contributed by atoms with Gasteiger partial charge in [-0.1, -0.05) is 58.9 Å². The van der Waals surface area contributed by atoms with Crippen LogP contribution in [0.2, 0.25) is 0 Å². The average Bonchev–Trinajstić information content (AvgIpc) is 2.94. The summed E-state index contributed by atoms with van der Waals surface area (Å²) in [6.07, 6.45) is -0.465. The fourth-order valence-electron chi connectivity index (χ4n) is 3.70. The number of hydrogen-bond acceptors (Lipinski definition) is 7. The number of halogens is 1. The molecule has 0 radical (unpaired) electrons. The van der Waals surface area contributed by atoms with Gasteiger partial charge in [-0.2, -0.15) is 4.98 Å². The van der Waals surface area contributed by atoms with Gasteiger partial charge >= 0.3 is 0 Å². The molecule has 1 atom stereocenters. The predicted octanol–water partition coefficient (Wildman–Crippen LogP) is 6.08. The van der Waals surface area contributed by atoms with Gasteiger partial charge in [0.1, 0.15) is 5.75 Å². The molecule has 0 saturated heterocycles. The van der Waals surface area contributed by atoms with Gasteiger partial charge in [0.05, 0.1) is 7.11 Å². The first-order valence-corrected chi connectivity index (χ1v) is 11.6. The van der Waals surface area contributed by atoms with Crippen molar-refractivity contribution in [2.75, 3.05) is 18.2 Å². The van der Waals surface area contributed by atoms with Crippen LogP contribution in [0.3, 0.4) is 0 Å². The maximum Gasteiger partial charge on any atom is 0.247 e. The highest BCUT2D eigenvalue weighted by atomic mass is 79.9. The summed E-state index contributed by atoms with van der Waals surface area (Å²) in [5, 5.41) is 14.9. The van der Waals surface area contributed by atoms with Crippen molar-refractivity contribution in [2.45, 2.75) is 18.3 Å². The molecule has 4 aromatic rings. The smallest absolute Gasteiger partial charge is 0.247 e. The van der Waals surface area contributed by atoms with Gasteiger partial charge in [0.2, 0.25) is 11.0 Å². The fraction of sp³-hybridized carbons (Fsp3) is 0.174. The third-order valence-electron chi connectivity index (χ3n) is 5.08. The highest BCUT2D eigenvalue weighted by Crippen LogP contribution is 2.42. The molecule has 0 spiro atoms. The normalized spacial score (nSPS) is 14.7. The quantitative estimate of drug-likeness (QED) is 0.344. The predicted molar refractivity (Wildman–Crippen MR) is 127 cm³/mol. The Labute approximate surface area is 192 Å². The van der Waals surface area contributed by atoms with E-state index in [1.165, 1.54) is 11.8 Å². The van der Waals surface area contributed by atoms with Crippen LogP contribution in [0.4, 0.5) is 5.69 Å². The van der Waals surface area contributed by atoms with Crippen LogP contribution in [0.15, 0.2) is 64.2 Å². The number of anilines is 1. The Morgan fingerprint density at radius 2 is 1.94 bits per heavy atom. The van der Waals surface area contributed by atoms with Crippen molar-refractivity contribution in [3.8, 4) is 22.9 Å². The van der Waals surface area contributed by atoms with Gasteiger partial charge in [0, 0.05) is 26.7 Å². The van der Waals surface area contributed by atoms with Crippen LogP contribution in [-0.2, 0) is 0 Å². The Morgan fingerprint density at radius 1 is 1.10 bits per heavy atom. The summed E-state index contributed by atoms with van der Waals surface area (Å²) >= 11 is 5.09. The Balaban J connectivity index is 1.70. The number of hydrogen-bond donors (Lipinski definition) is 1. The number of benzene rings is 3. The fourth-order valence-corrected chi connectivity index (χ4v) is 4.57. The minimum atomic E-state index is -0.465. The van der Waals surface area contributed by atoms with Crippen molar-refractivity contribution in [1.29, 1.82) is 0 Å². The highest BCUT2D eigenvalue weighted by Gasteiger charge is 2.27. The van der Waals surface area contributed by atoms with E-state index in [0.29, 0.717) is 16.7 Å². The zero-order valence-corrected chi connectivity index (χ0v) is 19.3. The first-order chi connectivity index (χ1) is 15.2. The topological polar surface area (TPSA) is 69.2 Å². The Kier molecular flexibility index (Phi) is 5.41. The number of ether oxygens (including phenoxy) is 2. The van der Waals surface area contributed by atoms with Gasteiger partial charge in [-0.15, -0.1) is 10.2 Å². The highest BCUT2D eigenvalue weighted by molar-refractivity contribution is 9.10.